The lowest BCUT2D eigenvalue weighted by molar-refractivity contribution is -0.385. The van der Waals surface area contributed by atoms with Crippen molar-refractivity contribution in [2.45, 2.75) is 20.4 Å². The summed E-state index contributed by atoms with van der Waals surface area (Å²) < 4.78 is 1.33. The zero-order valence-electron chi connectivity index (χ0n) is 12.1. The van der Waals surface area contributed by atoms with Crippen LogP contribution in [0.3, 0.4) is 0 Å². The third-order valence-electron chi connectivity index (χ3n) is 3.03. The Morgan fingerprint density at radius 2 is 1.95 bits per heavy atom. The minimum absolute atomic E-state index is 0.0878. The lowest BCUT2D eigenvalue weighted by Gasteiger charge is -2.03. The van der Waals surface area contributed by atoms with Crippen LogP contribution in [0.25, 0.3) is 0 Å². The molecule has 0 unspecified atom stereocenters. The first kappa shape index (κ1) is 15.4. The van der Waals surface area contributed by atoms with E-state index in [1.54, 1.807) is 31.2 Å². The van der Waals surface area contributed by atoms with Crippen molar-refractivity contribution in [1.82, 2.24) is 9.78 Å². The fraction of sp³-hybridized carbons (Fsp3) is 0.214. The van der Waals surface area contributed by atoms with Crippen molar-refractivity contribution in [3.8, 4) is 0 Å². The summed E-state index contributed by atoms with van der Waals surface area (Å²) >= 11 is 0. The van der Waals surface area contributed by atoms with Gasteiger partial charge in [-0.3, -0.25) is 24.4 Å². The third kappa shape index (κ3) is 3.17. The first-order valence-electron chi connectivity index (χ1n) is 6.56. The topological polar surface area (TPSA) is 107 Å². The molecular formula is C14H14N4O4. The average molecular weight is 302 g/mol. The molecule has 0 spiro atoms. The van der Waals surface area contributed by atoms with Gasteiger partial charge >= 0.3 is 5.69 Å². The summed E-state index contributed by atoms with van der Waals surface area (Å²) in [4.78, 5) is 33.6. The number of carbonyl (C=O) groups is 2. The Morgan fingerprint density at radius 3 is 2.45 bits per heavy atom. The Kier molecular flexibility index (Phi) is 4.31. The number of rotatable bonds is 5. The largest absolute Gasteiger partial charge is 0.320 e. The number of amides is 1. The Labute approximate surface area is 125 Å². The SMILES string of the molecule is CCn1cc([N+](=O)[O-])c(C(=O)Nc2ccc(C(C)=O)cc2)n1. The third-order valence-corrected chi connectivity index (χ3v) is 3.03. The van der Waals surface area contributed by atoms with Crippen molar-refractivity contribution in [2.24, 2.45) is 0 Å². The van der Waals surface area contributed by atoms with Gasteiger partial charge in [0.1, 0.15) is 6.20 Å². The normalized spacial score (nSPS) is 10.3. The number of hydrogen-bond acceptors (Lipinski definition) is 5. The van der Waals surface area contributed by atoms with E-state index in [4.69, 9.17) is 0 Å². The predicted molar refractivity (Wildman–Crippen MR) is 79.0 cm³/mol. The number of nitrogens with one attached hydrogen (secondary N) is 1. The van der Waals surface area contributed by atoms with Crippen LogP contribution in [0, 0.1) is 10.1 Å². The Hall–Kier alpha value is -3.03. The molecule has 8 nitrogen and oxygen atoms in total. The van der Waals surface area contributed by atoms with Gasteiger partial charge in [-0.15, -0.1) is 0 Å². The number of hydrogen-bond donors (Lipinski definition) is 1. The fourth-order valence-electron chi connectivity index (χ4n) is 1.85. The highest BCUT2D eigenvalue weighted by Gasteiger charge is 2.25. The van der Waals surface area contributed by atoms with Crippen molar-refractivity contribution in [2.75, 3.05) is 5.32 Å². The summed E-state index contributed by atoms with van der Waals surface area (Å²) in [5.41, 5.74) is 0.344. The number of aryl methyl sites for hydroxylation is 1. The molecular weight excluding hydrogens is 288 g/mol. The minimum Gasteiger partial charge on any atom is -0.320 e. The van der Waals surface area contributed by atoms with Gasteiger partial charge in [0, 0.05) is 17.8 Å². The summed E-state index contributed by atoms with van der Waals surface area (Å²) in [6.07, 6.45) is 1.22. The number of Topliss-reactive ketones (excluding diaryl/α,β-unsaturated/α-hetero) is 1. The summed E-state index contributed by atoms with van der Waals surface area (Å²) in [5.74, 6) is -0.760. The molecule has 114 valence electrons. The average Bonchev–Trinajstić information content (AvgIpc) is 2.92. The van der Waals surface area contributed by atoms with Gasteiger partial charge < -0.3 is 5.32 Å². The number of anilines is 1. The molecule has 0 aliphatic heterocycles. The molecule has 1 amide bonds. The van der Waals surface area contributed by atoms with Crippen LogP contribution in [0.2, 0.25) is 0 Å². The number of nitro groups is 1. The Morgan fingerprint density at radius 1 is 1.32 bits per heavy atom. The van der Waals surface area contributed by atoms with Crippen molar-refractivity contribution in [3.05, 3.63) is 51.8 Å². The van der Waals surface area contributed by atoms with Crippen molar-refractivity contribution in [1.29, 1.82) is 0 Å². The van der Waals surface area contributed by atoms with E-state index < -0.39 is 10.8 Å². The summed E-state index contributed by atoms with van der Waals surface area (Å²) in [6.45, 7) is 3.62. The van der Waals surface area contributed by atoms with E-state index in [-0.39, 0.29) is 17.2 Å². The van der Waals surface area contributed by atoms with Gasteiger partial charge in [0.05, 0.1) is 4.92 Å². The molecule has 0 bridgehead atoms. The second kappa shape index (κ2) is 6.17. The highest BCUT2D eigenvalue weighted by Crippen LogP contribution is 2.19. The van der Waals surface area contributed by atoms with E-state index in [0.717, 1.165) is 0 Å². The minimum atomic E-state index is -0.672. The number of aromatic nitrogens is 2. The van der Waals surface area contributed by atoms with Crippen LogP contribution in [-0.2, 0) is 6.54 Å². The van der Waals surface area contributed by atoms with Gasteiger partial charge in [-0.2, -0.15) is 5.10 Å². The smallest absolute Gasteiger partial charge is 0.320 e. The maximum absolute atomic E-state index is 12.1. The van der Waals surface area contributed by atoms with E-state index in [2.05, 4.69) is 10.4 Å². The summed E-state index contributed by atoms with van der Waals surface area (Å²) in [7, 11) is 0. The highest BCUT2D eigenvalue weighted by molar-refractivity contribution is 6.05. The summed E-state index contributed by atoms with van der Waals surface area (Å²) in [5, 5.41) is 17.4. The van der Waals surface area contributed by atoms with Gasteiger partial charge in [0.15, 0.2) is 5.78 Å². The quantitative estimate of drug-likeness (QED) is 0.518. The second-order valence-electron chi connectivity index (χ2n) is 4.56. The molecule has 8 heteroatoms. The van der Waals surface area contributed by atoms with Gasteiger partial charge in [-0.25, -0.2) is 0 Å². The van der Waals surface area contributed by atoms with E-state index in [9.17, 15) is 19.7 Å². The zero-order valence-corrected chi connectivity index (χ0v) is 12.1. The van der Waals surface area contributed by atoms with E-state index >= 15 is 0 Å². The maximum atomic E-state index is 12.1. The van der Waals surface area contributed by atoms with Crippen molar-refractivity contribution >= 4 is 23.1 Å². The molecule has 2 rings (SSSR count). The fourth-order valence-corrected chi connectivity index (χ4v) is 1.85. The molecule has 1 heterocycles. The number of carbonyl (C=O) groups excluding carboxylic acids is 2. The van der Waals surface area contributed by atoms with Crippen LogP contribution >= 0.6 is 0 Å². The first-order chi connectivity index (χ1) is 10.4. The van der Waals surface area contributed by atoms with E-state index in [1.165, 1.54) is 17.8 Å². The molecule has 1 aromatic carbocycles. The van der Waals surface area contributed by atoms with Crippen LogP contribution < -0.4 is 5.32 Å². The molecule has 0 radical (unpaired) electrons. The predicted octanol–water partition coefficient (Wildman–Crippen LogP) is 2.27. The zero-order chi connectivity index (χ0) is 16.3. The maximum Gasteiger partial charge on any atom is 0.320 e. The van der Waals surface area contributed by atoms with E-state index in [0.29, 0.717) is 17.8 Å². The molecule has 0 saturated carbocycles. The lowest BCUT2D eigenvalue weighted by Crippen LogP contribution is -2.14. The molecule has 1 aromatic heterocycles. The standard InChI is InChI=1S/C14H14N4O4/c1-3-17-8-12(18(21)22)13(16-17)14(20)15-11-6-4-10(5-7-11)9(2)19/h4-8H,3H2,1-2H3,(H,15,20). The molecule has 22 heavy (non-hydrogen) atoms. The summed E-state index contributed by atoms with van der Waals surface area (Å²) in [6, 6.07) is 6.24. The van der Waals surface area contributed by atoms with Gasteiger partial charge in [-0.1, -0.05) is 0 Å². The molecule has 0 fully saturated rings. The van der Waals surface area contributed by atoms with Crippen molar-refractivity contribution in [3.63, 3.8) is 0 Å². The number of nitrogens with zero attached hydrogens (tertiary/aromatic N) is 3. The van der Waals surface area contributed by atoms with E-state index in [1.807, 2.05) is 0 Å². The van der Waals surface area contributed by atoms with Crippen LogP contribution in [0.5, 0.6) is 0 Å². The Balaban J connectivity index is 2.23. The van der Waals surface area contributed by atoms with Gasteiger partial charge in [0.25, 0.3) is 5.91 Å². The molecule has 1 N–H and O–H groups in total. The molecule has 2 aromatic rings. The van der Waals surface area contributed by atoms with Gasteiger partial charge in [0.2, 0.25) is 5.69 Å². The molecule has 0 aliphatic carbocycles. The van der Waals surface area contributed by atoms with Crippen molar-refractivity contribution < 1.29 is 14.5 Å². The van der Waals surface area contributed by atoms with Gasteiger partial charge in [-0.05, 0) is 38.1 Å². The number of benzene rings is 1. The highest BCUT2D eigenvalue weighted by atomic mass is 16.6. The van der Waals surface area contributed by atoms with Crippen LogP contribution in [-0.4, -0.2) is 26.4 Å². The van der Waals surface area contributed by atoms with Crippen LogP contribution in [0.1, 0.15) is 34.7 Å². The van der Waals surface area contributed by atoms with Crippen LogP contribution in [0.4, 0.5) is 11.4 Å². The molecule has 0 atom stereocenters. The second-order valence-corrected chi connectivity index (χ2v) is 4.56. The lowest BCUT2D eigenvalue weighted by atomic mass is 10.1. The van der Waals surface area contributed by atoms with Crippen LogP contribution in [0.15, 0.2) is 30.5 Å². The molecule has 0 saturated heterocycles. The first-order valence-corrected chi connectivity index (χ1v) is 6.56. The Bertz CT molecular complexity index is 734. The molecule has 0 aliphatic rings. The monoisotopic (exact) mass is 302 g/mol. The number of ketones is 1.